The first kappa shape index (κ1) is 19.1. The summed E-state index contributed by atoms with van der Waals surface area (Å²) in [6.45, 7) is 3.71. The molecular weight excluding hydrogens is 366 g/mol. The number of aromatic nitrogens is 1. The van der Waals surface area contributed by atoms with Gasteiger partial charge in [0.25, 0.3) is 0 Å². The Morgan fingerprint density at radius 1 is 1.27 bits per heavy atom. The van der Waals surface area contributed by atoms with Crippen LogP contribution in [0.5, 0.6) is 0 Å². The molecule has 2 aromatic rings. The molecule has 0 spiro atoms. The molecule has 26 heavy (non-hydrogen) atoms. The third-order valence-corrected chi connectivity index (χ3v) is 5.75. The second-order valence-electron chi connectivity index (χ2n) is 6.58. The van der Waals surface area contributed by atoms with Crippen molar-refractivity contribution in [2.45, 2.75) is 44.9 Å². The quantitative estimate of drug-likeness (QED) is 0.714. The first-order valence-corrected chi connectivity index (χ1v) is 9.39. The fraction of sp³-hybridized carbons (Fsp3) is 0.500. The summed E-state index contributed by atoms with van der Waals surface area (Å²) in [6.07, 6.45) is -1.20. The second kappa shape index (κ2) is 7.52. The number of likely N-dealkylation sites (tertiary alicyclic amines) is 1. The van der Waals surface area contributed by atoms with Gasteiger partial charge in [0, 0.05) is 30.1 Å². The van der Waals surface area contributed by atoms with Gasteiger partial charge in [0.05, 0.1) is 11.3 Å². The molecule has 8 heteroatoms. The number of anilines is 1. The second-order valence-corrected chi connectivity index (χ2v) is 7.67. The Balaban J connectivity index is 1.99. The summed E-state index contributed by atoms with van der Waals surface area (Å²) in [6, 6.07) is 3.02. The molecule has 0 saturated carbocycles. The minimum absolute atomic E-state index is 0.162. The molecule has 3 nitrogen and oxygen atoms in total. The van der Waals surface area contributed by atoms with Crippen LogP contribution in [0.3, 0.4) is 0 Å². The predicted molar refractivity (Wildman–Crippen MR) is 95.8 cm³/mol. The molecule has 1 unspecified atom stereocenters. The van der Waals surface area contributed by atoms with E-state index in [4.69, 9.17) is 0 Å². The lowest BCUT2D eigenvalue weighted by Crippen LogP contribution is -2.36. The number of nitrogens with one attached hydrogen (secondary N) is 1. The molecule has 1 aromatic carbocycles. The average molecular weight is 387 g/mol. The maximum atomic E-state index is 13.8. The molecular formula is C18H21F4N3S. The Labute approximate surface area is 154 Å². The largest absolute Gasteiger partial charge is 0.416 e. The molecule has 3 rings (SSSR count). The molecule has 0 aliphatic carbocycles. The first-order chi connectivity index (χ1) is 12.3. The lowest BCUT2D eigenvalue weighted by molar-refractivity contribution is -0.137. The van der Waals surface area contributed by atoms with Crippen molar-refractivity contribution in [2.24, 2.45) is 0 Å². The van der Waals surface area contributed by atoms with E-state index in [9.17, 15) is 17.6 Å². The van der Waals surface area contributed by atoms with Gasteiger partial charge in [-0.25, -0.2) is 9.37 Å². The molecule has 1 aromatic heterocycles. The average Bonchev–Trinajstić information content (AvgIpc) is 2.99. The Kier molecular flexibility index (Phi) is 5.53. The van der Waals surface area contributed by atoms with Gasteiger partial charge in [0.15, 0.2) is 5.13 Å². The number of alkyl halides is 3. The molecule has 0 bridgehead atoms. The molecule has 1 saturated heterocycles. The van der Waals surface area contributed by atoms with Crippen molar-refractivity contribution < 1.29 is 17.6 Å². The van der Waals surface area contributed by atoms with Crippen molar-refractivity contribution in [3.05, 3.63) is 34.5 Å². The van der Waals surface area contributed by atoms with E-state index < -0.39 is 17.6 Å². The van der Waals surface area contributed by atoms with Gasteiger partial charge in [0.1, 0.15) is 5.82 Å². The summed E-state index contributed by atoms with van der Waals surface area (Å²) in [5, 5.41) is 3.55. The summed E-state index contributed by atoms with van der Waals surface area (Å²) in [5.74, 6) is -0.911. The molecule has 1 atom stereocenters. The molecule has 1 aliphatic heterocycles. The van der Waals surface area contributed by atoms with E-state index in [1.165, 1.54) is 17.8 Å². The number of piperidine rings is 1. The smallest absolute Gasteiger partial charge is 0.365 e. The van der Waals surface area contributed by atoms with Crippen LogP contribution in [0.4, 0.5) is 22.7 Å². The van der Waals surface area contributed by atoms with Gasteiger partial charge in [-0.2, -0.15) is 13.2 Å². The number of hydrogen-bond donors (Lipinski definition) is 1. The van der Waals surface area contributed by atoms with Gasteiger partial charge >= 0.3 is 6.18 Å². The summed E-state index contributed by atoms with van der Waals surface area (Å²) in [7, 11) is 1.71. The minimum atomic E-state index is -4.60. The summed E-state index contributed by atoms with van der Waals surface area (Å²) < 4.78 is 53.0. The van der Waals surface area contributed by atoms with Crippen molar-refractivity contribution in [1.29, 1.82) is 0 Å². The standard InChI is InChI=1S/C18H21F4N3S/c1-11-5-3-4-6-25(11)10-15-16(24-17(23-2)26-15)12-7-13(18(20,21)22)9-14(19)8-12/h7-9,11H,3-6,10H2,1-2H3,(H,23,24). The number of benzene rings is 1. The highest BCUT2D eigenvalue weighted by Gasteiger charge is 2.32. The number of thiazole rings is 1. The van der Waals surface area contributed by atoms with E-state index in [2.05, 4.69) is 22.1 Å². The summed E-state index contributed by atoms with van der Waals surface area (Å²) >= 11 is 1.40. The van der Waals surface area contributed by atoms with E-state index in [0.29, 0.717) is 29.5 Å². The number of rotatable bonds is 4. The Hall–Kier alpha value is -1.67. The molecule has 2 heterocycles. The van der Waals surface area contributed by atoms with Crippen molar-refractivity contribution in [1.82, 2.24) is 9.88 Å². The van der Waals surface area contributed by atoms with Crippen molar-refractivity contribution in [3.63, 3.8) is 0 Å². The maximum Gasteiger partial charge on any atom is 0.416 e. The molecule has 0 amide bonds. The SMILES string of the molecule is CNc1nc(-c2cc(F)cc(C(F)(F)F)c2)c(CN2CCCCC2C)s1. The Morgan fingerprint density at radius 2 is 2.04 bits per heavy atom. The highest BCUT2D eigenvalue weighted by atomic mass is 32.1. The zero-order valence-electron chi connectivity index (χ0n) is 14.7. The topological polar surface area (TPSA) is 28.2 Å². The molecule has 0 radical (unpaired) electrons. The zero-order chi connectivity index (χ0) is 18.9. The Bertz CT molecular complexity index is 772. The van der Waals surface area contributed by atoms with E-state index in [1.54, 1.807) is 7.05 Å². The summed E-state index contributed by atoms with van der Waals surface area (Å²) in [5.41, 5.74) is -0.416. The van der Waals surface area contributed by atoms with E-state index in [1.807, 2.05) is 0 Å². The first-order valence-electron chi connectivity index (χ1n) is 8.57. The van der Waals surface area contributed by atoms with Crippen LogP contribution in [0, 0.1) is 5.82 Å². The highest BCUT2D eigenvalue weighted by molar-refractivity contribution is 7.16. The number of hydrogen-bond acceptors (Lipinski definition) is 4. The molecule has 1 N–H and O–H groups in total. The van der Waals surface area contributed by atoms with Gasteiger partial charge in [-0.3, -0.25) is 4.90 Å². The van der Waals surface area contributed by atoms with Crippen LogP contribution in [0.1, 0.15) is 36.6 Å². The fourth-order valence-corrected chi connectivity index (χ4v) is 4.22. The van der Waals surface area contributed by atoms with Crippen LogP contribution >= 0.6 is 11.3 Å². The van der Waals surface area contributed by atoms with Crippen molar-refractivity contribution in [2.75, 3.05) is 18.9 Å². The van der Waals surface area contributed by atoms with Gasteiger partial charge in [-0.1, -0.05) is 6.42 Å². The number of nitrogens with zero attached hydrogens (tertiary/aromatic N) is 2. The van der Waals surface area contributed by atoms with Gasteiger partial charge in [-0.15, -0.1) is 11.3 Å². The maximum absolute atomic E-state index is 13.8. The van der Waals surface area contributed by atoms with Crippen LogP contribution in [-0.4, -0.2) is 29.5 Å². The minimum Gasteiger partial charge on any atom is -0.365 e. The van der Waals surface area contributed by atoms with Crippen LogP contribution in [-0.2, 0) is 12.7 Å². The van der Waals surface area contributed by atoms with Crippen LogP contribution in [0.15, 0.2) is 18.2 Å². The monoisotopic (exact) mass is 387 g/mol. The number of halogens is 4. The van der Waals surface area contributed by atoms with E-state index in [0.717, 1.165) is 36.4 Å². The molecule has 1 fully saturated rings. The lowest BCUT2D eigenvalue weighted by Gasteiger charge is -2.33. The summed E-state index contributed by atoms with van der Waals surface area (Å²) in [4.78, 5) is 7.56. The van der Waals surface area contributed by atoms with E-state index >= 15 is 0 Å². The van der Waals surface area contributed by atoms with Crippen molar-refractivity contribution in [3.8, 4) is 11.3 Å². The molecule has 1 aliphatic rings. The lowest BCUT2D eigenvalue weighted by atomic mass is 10.0. The third kappa shape index (κ3) is 4.17. The predicted octanol–water partition coefficient (Wildman–Crippen LogP) is 5.38. The Morgan fingerprint density at radius 3 is 2.69 bits per heavy atom. The van der Waals surface area contributed by atoms with E-state index in [-0.39, 0.29) is 5.56 Å². The molecule has 142 valence electrons. The van der Waals surface area contributed by atoms with Gasteiger partial charge in [0.2, 0.25) is 0 Å². The zero-order valence-corrected chi connectivity index (χ0v) is 15.5. The normalized spacial score (nSPS) is 18.9. The van der Waals surface area contributed by atoms with Crippen LogP contribution < -0.4 is 5.32 Å². The van der Waals surface area contributed by atoms with Crippen LogP contribution in [0.25, 0.3) is 11.3 Å². The van der Waals surface area contributed by atoms with Crippen LogP contribution in [0.2, 0.25) is 0 Å². The van der Waals surface area contributed by atoms with Gasteiger partial charge in [-0.05, 0) is 44.5 Å². The van der Waals surface area contributed by atoms with Crippen molar-refractivity contribution >= 4 is 16.5 Å². The highest BCUT2D eigenvalue weighted by Crippen LogP contribution is 2.37. The van der Waals surface area contributed by atoms with Gasteiger partial charge < -0.3 is 5.32 Å². The fourth-order valence-electron chi connectivity index (χ4n) is 3.26. The third-order valence-electron chi connectivity index (χ3n) is 4.70.